The summed E-state index contributed by atoms with van der Waals surface area (Å²) in [5.41, 5.74) is 0.653. The average Bonchev–Trinajstić information content (AvgIpc) is 2.41. The summed E-state index contributed by atoms with van der Waals surface area (Å²) in [7, 11) is 0. The second-order valence-electron chi connectivity index (χ2n) is 3.83. The van der Waals surface area contributed by atoms with E-state index in [1.54, 1.807) is 47.8 Å². The molecule has 1 saturated heterocycles. The van der Waals surface area contributed by atoms with E-state index in [1.807, 2.05) is 0 Å². The van der Waals surface area contributed by atoms with E-state index in [4.69, 9.17) is 0 Å². The molecule has 0 bridgehead atoms. The highest BCUT2D eigenvalue weighted by Crippen LogP contribution is 2.27. The van der Waals surface area contributed by atoms with Crippen LogP contribution in [0.25, 0.3) is 0 Å². The lowest BCUT2D eigenvalue weighted by Gasteiger charge is -2.20. The summed E-state index contributed by atoms with van der Waals surface area (Å²) in [5.74, 6) is 0.485. The van der Waals surface area contributed by atoms with Gasteiger partial charge in [-0.1, -0.05) is 11.8 Å². The van der Waals surface area contributed by atoms with Crippen molar-refractivity contribution in [3.63, 3.8) is 0 Å². The van der Waals surface area contributed by atoms with Gasteiger partial charge in [0.25, 0.3) is 5.76 Å². The minimum absolute atomic E-state index is 0.00790. The van der Waals surface area contributed by atoms with Crippen molar-refractivity contribution in [3.05, 3.63) is 24.3 Å². The van der Waals surface area contributed by atoms with E-state index in [-0.39, 0.29) is 11.2 Å². The number of rotatable bonds is 4. The van der Waals surface area contributed by atoms with Gasteiger partial charge in [-0.15, -0.1) is 11.8 Å². The Balaban J connectivity index is 1.89. The number of anilines is 1. The summed E-state index contributed by atoms with van der Waals surface area (Å²) < 4.78 is 24.3. The number of amides is 1. The van der Waals surface area contributed by atoms with Crippen molar-refractivity contribution in [3.8, 4) is 0 Å². The molecule has 1 atom stereocenters. The van der Waals surface area contributed by atoms with Gasteiger partial charge in [-0.05, 0) is 24.3 Å². The molecule has 0 radical (unpaired) electrons. The molecule has 1 aliphatic heterocycles. The number of hydrogen-bond acceptors (Lipinski definition) is 4. The van der Waals surface area contributed by atoms with Crippen molar-refractivity contribution < 1.29 is 13.6 Å². The Labute approximate surface area is 123 Å². The van der Waals surface area contributed by atoms with Crippen LogP contribution in [0.3, 0.4) is 0 Å². The number of carbonyl (C=O) groups is 1. The van der Waals surface area contributed by atoms with E-state index in [9.17, 15) is 13.6 Å². The van der Waals surface area contributed by atoms with Crippen LogP contribution in [0.15, 0.2) is 29.2 Å². The van der Waals surface area contributed by atoms with E-state index < -0.39 is 5.76 Å². The molecule has 1 amide bonds. The van der Waals surface area contributed by atoms with Crippen LogP contribution < -0.4 is 5.32 Å². The molecular weight excluding hydrogens is 308 g/mol. The molecule has 1 aliphatic rings. The minimum atomic E-state index is -2.42. The fraction of sp³-hybridized carbons (Fsp3) is 0.417. The lowest BCUT2D eigenvalue weighted by molar-refractivity contribution is -0.115. The van der Waals surface area contributed by atoms with Gasteiger partial charge >= 0.3 is 0 Å². The van der Waals surface area contributed by atoms with Crippen LogP contribution in [0.4, 0.5) is 14.5 Å². The normalized spacial score (nSPS) is 19.4. The van der Waals surface area contributed by atoms with Gasteiger partial charge in [0.05, 0.1) is 5.25 Å². The molecule has 19 heavy (non-hydrogen) atoms. The first kappa shape index (κ1) is 15.0. The van der Waals surface area contributed by atoms with Crippen LogP contribution in [0.5, 0.6) is 0 Å². The van der Waals surface area contributed by atoms with Gasteiger partial charge in [0, 0.05) is 27.8 Å². The maximum Gasteiger partial charge on any atom is 0.288 e. The first-order chi connectivity index (χ1) is 9.15. The Kier molecular flexibility index (Phi) is 5.84. The summed E-state index contributed by atoms with van der Waals surface area (Å²) in [4.78, 5) is 12.5. The maximum absolute atomic E-state index is 12.2. The second-order valence-corrected chi connectivity index (χ2v) is 7.35. The summed E-state index contributed by atoms with van der Waals surface area (Å²) >= 11 is 3.95. The summed E-state index contributed by atoms with van der Waals surface area (Å²) in [5, 5.41) is 2.80. The Bertz CT molecular complexity index is 421. The van der Waals surface area contributed by atoms with Gasteiger partial charge in [0.2, 0.25) is 5.91 Å². The second kappa shape index (κ2) is 7.40. The molecule has 2 nitrogen and oxygen atoms in total. The zero-order valence-corrected chi connectivity index (χ0v) is 12.4. The van der Waals surface area contributed by atoms with Gasteiger partial charge in [-0.2, -0.15) is 20.5 Å². The van der Waals surface area contributed by atoms with Gasteiger partial charge in [-0.3, -0.25) is 4.79 Å². The fourth-order valence-corrected chi connectivity index (χ4v) is 4.64. The van der Waals surface area contributed by atoms with Crippen LogP contribution in [0.2, 0.25) is 0 Å². The zero-order valence-electron chi connectivity index (χ0n) is 9.97. The standard InChI is InChI=1S/C12H13F2NOS3/c13-12(14)19-9-3-1-8(2-4-9)15-11(16)10-7-17-5-6-18-10/h1-4,10,12H,5-7H2,(H,15,16). The van der Waals surface area contributed by atoms with Gasteiger partial charge in [-0.25, -0.2) is 0 Å². The van der Waals surface area contributed by atoms with Crippen molar-refractivity contribution in [1.82, 2.24) is 0 Å². The SMILES string of the molecule is O=C(Nc1ccc(SC(F)F)cc1)C1CSCCS1. The summed E-state index contributed by atoms with van der Waals surface area (Å²) in [6, 6.07) is 6.50. The molecule has 0 aromatic heterocycles. The molecule has 0 saturated carbocycles. The van der Waals surface area contributed by atoms with Crippen molar-refractivity contribution in [1.29, 1.82) is 0 Å². The van der Waals surface area contributed by atoms with E-state index in [0.29, 0.717) is 22.3 Å². The third kappa shape index (κ3) is 4.89. The van der Waals surface area contributed by atoms with Crippen molar-refractivity contribution >= 4 is 46.9 Å². The van der Waals surface area contributed by atoms with Crippen molar-refractivity contribution in [2.45, 2.75) is 15.9 Å². The summed E-state index contributed by atoms with van der Waals surface area (Å²) in [6.07, 6.45) is 0. The smallest absolute Gasteiger partial charge is 0.288 e. The first-order valence-corrected chi connectivity index (χ1v) is 8.78. The molecule has 1 heterocycles. The maximum atomic E-state index is 12.2. The minimum Gasteiger partial charge on any atom is -0.325 e. The van der Waals surface area contributed by atoms with Gasteiger partial charge < -0.3 is 5.32 Å². The quantitative estimate of drug-likeness (QED) is 0.854. The van der Waals surface area contributed by atoms with E-state index in [2.05, 4.69) is 5.32 Å². The third-order valence-electron chi connectivity index (χ3n) is 2.46. The van der Waals surface area contributed by atoms with E-state index in [0.717, 1.165) is 17.3 Å². The van der Waals surface area contributed by atoms with Gasteiger partial charge in [0.15, 0.2) is 0 Å². The van der Waals surface area contributed by atoms with Crippen LogP contribution >= 0.6 is 35.3 Å². The monoisotopic (exact) mass is 321 g/mol. The number of hydrogen-bond donors (Lipinski definition) is 1. The molecule has 1 fully saturated rings. The van der Waals surface area contributed by atoms with Gasteiger partial charge in [0.1, 0.15) is 0 Å². The highest BCUT2D eigenvalue weighted by Gasteiger charge is 2.22. The Morgan fingerprint density at radius 2 is 2.05 bits per heavy atom. The fourth-order valence-electron chi connectivity index (χ4n) is 1.58. The number of thioether (sulfide) groups is 3. The highest BCUT2D eigenvalue weighted by atomic mass is 32.2. The molecular formula is C12H13F2NOS3. The predicted molar refractivity (Wildman–Crippen MR) is 80.5 cm³/mol. The Morgan fingerprint density at radius 1 is 1.32 bits per heavy atom. The van der Waals surface area contributed by atoms with Crippen LogP contribution in [0.1, 0.15) is 0 Å². The van der Waals surface area contributed by atoms with Crippen molar-refractivity contribution in [2.75, 3.05) is 22.6 Å². The lowest BCUT2D eigenvalue weighted by Crippen LogP contribution is -2.30. The van der Waals surface area contributed by atoms with E-state index in [1.165, 1.54) is 0 Å². The molecule has 1 unspecified atom stereocenters. The molecule has 0 aliphatic carbocycles. The number of alkyl halides is 2. The molecule has 1 N–H and O–H groups in total. The largest absolute Gasteiger partial charge is 0.325 e. The molecule has 7 heteroatoms. The number of benzene rings is 1. The van der Waals surface area contributed by atoms with Crippen molar-refractivity contribution in [2.24, 2.45) is 0 Å². The summed E-state index contributed by atoms with van der Waals surface area (Å²) in [6.45, 7) is 0. The molecule has 0 spiro atoms. The third-order valence-corrected chi connectivity index (χ3v) is 5.93. The first-order valence-electron chi connectivity index (χ1n) is 5.70. The number of nitrogens with one attached hydrogen (secondary N) is 1. The topological polar surface area (TPSA) is 29.1 Å². The van der Waals surface area contributed by atoms with Crippen LogP contribution in [-0.4, -0.2) is 34.2 Å². The highest BCUT2D eigenvalue weighted by molar-refractivity contribution is 8.07. The number of carbonyl (C=O) groups excluding carboxylic acids is 1. The molecule has 104 valence electrons. The average molecular weight is 321 g/mol. The predicted octanol–water partition coefficient (Wildman–Crippen LogP) is 3.79. The Morgan fingerprint density at radius 3 is 2.63 bits per heavy atom. The lowest BCUT2D eigenvalue weighted by atomic mass is 10.3. The number of halogens is 2. The Hall–Kier alpha value is -0.400. The molecule has 1 aromatic carbocycles. The van der Waals surface area contributed by atoms with Crippen LogP contribution in [0, 0.1) is 0 Å². The zero-order chi connectivity index (χ0) is 13.7. The van der Waals surface area contributed by atoms with Crippen LogP contribution in [-0.2, 0) is 4.79 Å². The molecule has 2 rings (SSSR count). The molecule has 1 aromatic rings. The van der Waals surface area contributed by atoms with E-state index >= 15 is 0 Å².